The van der Waals surface area contributed by atoms with Crippen molar-refractivity contribution in [1.29, 1.82) is 0 Å². The fourth-order valence-corrected chi connectivity index (χ4v) is 4.36. The van der Waals surface area contributed by atoms with Crippen LogP contribution in [0.5, 0.6) is 0 Å². The van der Waals surface area contributed by atoms with Crippen molar-refractivity contribution in [3.05, 3.63) is 133 Å². The highest BCUT2D eigenvalue weighted by atomic mass is 14.8. The van der Waals surface area contributed by atoms with Crippen LogP contribution in [0.25, 0.3) is 55.8 Å². The van der Waals surface area contributed by atoms with Gasteiger partial charge in [0, 0.05) is 11.1 Å². The summed E-state index contributed by atoms with van der Waals surface area (Å²) in [7, 11) is 0. The van der Waals surface area contributed by atoms with E-state index in [2.05, 4.69) is 97.1 Å². The number of aromatic nitrogens is 2. The molecule has 0 aliphatic heterocycles. The van der Waals surface area contributed by atoms with Crippen LogP contribution in [0.4, 0.5) is 0 Å². The maximum Gasteiger partial charge on any atom is 0.0973 e. The molecule has 2 heteroatoms. The molecule has 0 radical (unpaired) electrons. The Morgan fingerprint density at radius 2 is 0.647 bits per heavy atom. The van der Waals surface area contributed by atoms with Gasteiger partial charge in [-0.05, 0) is 46.5 Å². The zero-order valence-electron chi connectivity index (χ0n) is 18.6. The average Bonchev–Trinajstić information content (AvgIpc) is 2.93. The van der Waals surface area contributed by atoms with E-state index in [4.69, 9.17) is 9.97 Å². The van der Waals surface area contributed by atoms with Crippen molar-refractivity contribution >= 4 is 11.0 Å². The molecular weight excluding hydrogens is 412 g/mol. The molecule has 0 aliphatic rings. The van der Waals surface area contributed by atoms with Crippen LogP contribution in [0, 0.1) is 0 Å². The lowest BCUT2D eigenvalue weighted by Crippen LogP contribution is -1.96. The van der Waals surface area contributed by atoms with Crippen LogP contribution in [-0.2, 0) is 0 Å². The number of benzene rings is 5. The molecule has 0 bridgehead atoms. The normalized spacial score (nSPS) is 10.9. The predicted molar refractivity (Wildman–Crippen MR) is 141 cm³/mol. The molecule has 0 aliphatic carbocycles. The summed E-state index contributed by atoms with van der Waals surface area (Å²) in [5.74, 6) is 0. The molecule has 0 saturated heterocycles. The van der Waals surface area contributed by atoms with Gasteiger partial charge < -0.3 is 0 Å². The van der Waals surface area contributed by atoms with Crippen molar-refractivity contribution in [3.63, 3.8) is 0 Å². The van der Waals surface area contributed by atoms with E-state index < -0.39 is 0 Å². The van der Waals surface area contributed by atoms with E-state index in [0.717, 1.165) is 44.7 Å². The maximum absolute atomic E-state index is 5.10. The van der Waals surface area contributed by atoms with Crippen molar-refractivity contribution in [2.24, 2.45) is 0 Å². The third-order valence-electron chi connectivity index (χ3n) is 6.06. The minimum absolute atomic E-state index is 0.890. The van der Waals surface area contributed by atoms with Crippen LogP contribution in [0.15, 0.2) is 133 Å². The van der Waals surface area contributed by atoms with Gasteiger partial charge in [-0.25, -0.2) is 9.97 Å². The van der Waals surface area contributed by atoms with Crippen LogP contribution in [0.2, 0.25) is 0 Å². The lowest BCUT2D eigenvalue weighted by Gasteiger charge is -2.13. The van der Waals surface area contributed by atoms with Gasteiger partial charge in [0.05, 0.1) is 22.4 Å². The van der Waals surface area contributed by atoms with Crippen molar-refractivity contribution in [3.8, 4) is 44.8 Å². The van der Waals surface area contributed by atoms with Crippen molar-refractivity contribution < 1.29 is 0 Å². The number of para-hydroxylation sites is 2. The van der Waals surface area contributed by atoms with Gasteiger partial charge in [0.1, 0.15) is 0 Å². The zero-order valence-corrected chi connectivity index (χ0v) is 18.6. The Hall–Kier alpha value is -4.56. The second kappa shape index (κ2) is 8.76. The Morgan fingerprint density at radius 3 is 1.09 bits per heavy atom. The molecule has 0 N–H and O–H groups in total. The highest BCUT2D eigenvalue weighted by molar-refractivity contribution is 5.88. The van der Waals surface area contributed by atoms with Crippen LogP contribution in [0.1, 0.15) is 0 Å². The summed E-state index contributed by atoms with van der Waals surface area (Å²) in [4.78, 5) is 10.2. The van der Waals surface area contributed by atoms with Crippen molar-refractivity contribution in [2.75, 3.05) is 0 Å². The third-order valence-corrected chi connectivity index (χ3v) is 6.06. The van der Waals surface area contributed by atoms with Crippen molar-refractivity contribution in [1.82, 2.24) is 9.97 Å². The lowest BCUT2D eigenvalue weighted by molar-refractivity contribution is 1.29. The molecule has 2 nitrogen and oxygen atoms in total. The summed E-state index contributed by atoms with van der Waals surface area (Å²) in [5, 5.41) is 0. The van der Waals surface area contributed by atoms with E-state index in [1.54, 1.807) is 0 Å². The molecular formula is C32H22N2. The second-order valence-electron chi connectivity index (χ2n) is 8.30. The van der Waals surface area contributed by atoms with Gasteiger partial charge in [0.25, 0.3) is 0 Å². The first-order chi connectivity index (χ1) is 16.8. The molecule has 0 unspecified atom stereocenters. The average molecular weight is 435 g/mol. The van der Waals surface area contributed by atoms with E-state index >= 15 is 0 Å². The summed E-state index contributed by atoms with van der Waals surface area (Å²) in [6.07, 6.45) is 0. The molecule has 0 spiro atoms. The Morgan fingerprint density at radius 1 is 0.294 bits per heavy atom. The quantitative estimate of drug-likeness (QED) is 0.279. The standard InChI is InChI=1S/C32H22N2/c1-3-11-23(12-4-1)25-15-9-17-27(21-25)31-32(34-30-20-8-7-19-29(30)33-31)28-18-10-16-26(22-28)24-13-5-2-6-14-24/h1-22H. The molecule has 0 saturated carbocycles. The number of rotatable bonds is 4. The molecule has 0 fully saturated rings. The topological polar surface area (TPSA) is 25.8 Å². The molecule has 34 heavy (non-hydrogen) atoms. The first-order valence-electron chi connectivity index (χ1n) is 11.4. The van der Waals surface area contributed by atoms with E-state index in [1.807, 2.05) is 36.4 Å². The highest BCUT2D eigenvalue weighted by Gasteiger charge is 2.15. The number of fused-ring (bicyclic) bond motifs is 1. The summed E-state index contributed by atoms with van der Waals surface area (Å²) in [5.41, 5.74) is 10.4. The van der Waals surface area contributed by atoms with Crippen LogP contribution < -0.4 is 0 Å². The predicted octanol–water partition coefficient (Wildman–Crippen LogP) is 8.30. The molecule has 160 valence electrons. The van der Waals surface area contributed by atoms with Crippen molar-refractivity contribution in [2.45, 2.75) is 0 Å². The van der Waals surface area contributed by atoms with Gasteiger partial charge in [-0.15, -0.1) is 0 Å². The third kappa shape index (κ3) is 3.87. The largest absolute Gasteiger partial charge is 0.244 e. The maximum atomic E-state index is 5.10. The molecule has 5 aromatic carbocycles. The minimum atomic E-state index is 0.890. The highest BCUT2D eigenvalue weighted by Crippen LogP contribution is 2.34. The molecule has 6 aromatic rings. The SMILES string of the molecule is c1ccc(-c2cccc(-c3nc4ccccc4nc3-c3cccc(-c4ccccc4)c3)c2)cc1. The number of hydrogen-bond donors (Lipinski definition) is 0. The van der Waals surface area contributed by atoms with Crippen LogP contribution >= 0.6 is 0 Å². The van der Waals surface area contributed by atoms with Gasteiger partial charge in [0.2, 0.25) is 0 Å². The summed E-state index contributed by atoms with van der Waals surface area (Å²) in [6, 6.07) is 46.1. The summed E-state index contributed by atoms with van der Waals surface area (Å²) < 4.78 is 0. The van der Waals surface area contributed by atoms with Crippen LogP contribution in [0.3, 0.4) is 0 Å². The fraction of sp³-hybridized carbons (Fsp3) is 0. The molecule has 6 rings (SSSR count). The van der Waals surface area contributed by atoms with Gasteiger partial charge in [-0.3, -0.25) is 0 Å². The molecule has 0 amide bonds. The molecule has 0 atom stereocenters. The first-order valence-corrected chi connectivity index (χ1v) is 11.4. The van der Waals surface area contributed by atoms with Gasteiger partial charge >= 0.3 is 0 Å². The first kappa shape index (κ1) is 20.1. The van der Waals surface area contributed by atoms with E-state index in [-0.39, 0.29) is 0 Å². The number of hydrogen-bond acceptors (Lipinski definition) is 2. The molecule has 1 aromatic heterocycles. The van der Waals surface area contributed by atoms with Gasteiger partial charge in [-0.1, -0.05) is 109 Å². The van der Waals surface area contributed by atoms with E-state index in [9.17, 15) is 0 Å². The van der Waals surface area contributed by atoms with E-state index in [0.29, 0.717) is 0 Å². The number of nitrogens with zero attached hydrogens (tertiary/aromatic N) is 2. The second-order valence-corrected chi connectivity index (χ2v) is 8.30. The van der Waals surface area contributed by atoms with Crippen LogP contribution in [-0.4, -0.2) is 9.97 Å². The summed E-state index contributed by atoms with van der Waals surface area (Å²) >= 11 is 0. The fourth-order valence-electron chi connectivity index (χ4n) is 4.36. The minimum Gasteiger partial charge on any atom is -0.244 e. The smallest absolute Gasteiger partial charge is 0.0973 e. The Bertz CT molecular complexity index is 1470. The van der Waals surface area contributed by atoms with E-state index in [1.165, 1.54) is 11.1 Å². The Labute approximate surface area is 199 Å². The monoisotopic (exact) mass is 434 g/mol. The Balaban J connectivity index is 1.55. The zero-order chi connectivity index (χ0) is 22.7. The Kier molecular flexibility index (Phi) is 5.17. The summed E-state index contributed by atoms with van der Waals surface area (Å²) in [6.45, 7) is 0. The lowest BCUT2D eigenvalue weighted by atomic mass is 9.97. The molecule has 1 heterocycles. The van der Waals surface area contributed by atoms with Gasteiger partial charge in [-0.2, -0.15) is 0 Å². The van der Waals surface area contributed by atoms with Gasteiger partial charge in [0.15, 0.2) is 0 Å².